The molecule has 35 heavy (non-hydrogen) atoms. The van der Waals surface area contributed by atoms with Crippen LogP contribution in [-0.2, 0) is 14.3 Å². The summed E-state index contributed by atoms with van der Waals surface area (Å²) in [5.74, 6) is -3.67. The van der Waals surface area contributed by atoms with Gasteiger partial charge in [-0.05, 0) is 32.0 Å². The second kappa shape index (κ2) is 8.69. The number of likely N-dealkylation sites (tertiary alicyclic amines) is 1. The van der Waals surface area contributed by atoms with E-state index in [1.54, 1.807) is 23.4 Å². The maximum absolute atomic E-state index is 13.6. The Bertz CT molecular complexity index is 1310. The molecule has 0 unspecified atom stereocenters. The maximum Gasteiger partial charge on any atom is 0.267 e. The minimum atomic E-state index is -2.87. The number of hydrogen-bond acceptors (Lipinski definition) is 5. The topological polar surface area (TPSA) is 90.6 Å². The van der Waals surface area contributed by atoms with E-state index in [4.69, 9.17) is 16.3 Å². The van der Waals surface area contributed by atoms with Crippen LogP contribution in [0.4, 0.5) is 14.5 Å². The number of pyridine rings is 1. The number of benzene rings is 1. The number of aromatic amines is 1. The average Bonchev–Trinajstić information content (AvgIpc) is 3.33. The van der Waals surface area contributed by atoms with Crippen LogP contribution in [0, 0.1) is 0 Å². The molecule has 2 aliphatic heterocycles. The molecular weight excluding hydrogens is 480 g/mol. The number of ether oxygens (including phenoxy) is 1. The molecule has 8 nitrogen and oxygen atoms in total. The molecule has 2 fully saturated rings. The molecule has 1 aromatic carbocycles. The number of anilines is 1. The highest BCUT2D eigenvalue weighted by molar-refractivity contribution is 6.33. The number of fused-ring (bicyclic) bond motifs is 3. The fraction of sp³-hybridized carbons (Fsp3) is 0.458. The van der Waals surface area contributed by atoms with Gasteiger partial charge in [0.25, 0.3) is 5.92 Å². The molecule has 2 amide bonds. The fourth-order valence-corrected chi connectivity index (χ4v) is 5.04. The first-order valence-corrected chi connectivity index (χ1v) is 11.8. The van der Waals surface area contributed by atoms with Crippen LogP contribution in [0.3, 0.4) is 0 Å². The number of carbonyl (C=O) groups excluding carboxylic acids is 2. The van der Waals surface area contributed by atoms with Crippen LogP contribution in [-0.4, -0.2) is 81.9 Å². The monoisotopic (exact) mass is 505 g/mol. The molecule has 2 N–H and O–H groups in total. The highest BCUT2D eigenvalue weighted by atomic mass is 35.5. The van der Waals surface area contributed by atoms with Gasteiger partial charge in [-0.15, -0.1) is 0 Å². The largest absolute Gasteiger partial charge is 0.372 e. The van der Waals surface area contributed by atoms with Crippen LogP contribution in [0.5, 0.6) is 0 Å². The van der Waals surface area contributed by atoms with Gasteiger partial charge in [-0.1, -0.05) is 11.6 Å². The zero-order chi connectivity index (χ0) is 25.0. The van der Waals surface area contributed by atoms with Gasteiger partial charge >= 0.3 is 0 Å². The van der Waals surface area contributed by atoms with Crippen LogP contribution >= 0.6 is 11.6 Å². The number of nitrogens with one attached hydrogen (secondary N) is 2. The van der Waals surface area contributed by atoms with Crippen LogP contribution in [0.1, 0.15) is 20.3 Å². The van der Waals surface area contributed by atoms with E-state index in [9.17, 15) is 18.4 Å². The van der Waals surface area contributed by atoms with E-state index in [-0.39, 0.29) is 32.0 Å². The first kappa shape index (κ1) is 23.9. The summed E-state index contributed by atoms with van der Waals surface area (Å²) in [5, 5.41) is 5.14. The van der Waals surface area contributed by atoms with Gasteiger partial charge in [0.2, 0.25) is 11.8 Å². The Hall–Kier alpha value is -2.82. The molecule has 1 atom stereocenters. The predicted molar refractivity (Wildman–Crippen MR) is 129 cm³/mol. The molecule has 5 rings (SSSR count). The number of carbonyl (C=O) groups is 2. The van der Waals surface area contributed by atoms with Gasteiger partial charge in [-0.25, -0.2) is 8.78 Å². The molecular formula is C24H26ClF2N5O3. The van der Waals surface area contributed by atoms with Crippen molar-refractivity contribution >= 4 is 50.9 Å². The zero-order valence-corrected chi connectivity index (χ0v) is 20.2. The third-order valence-electron chi connectivity index (χ3n) is 6.55. The molecule has 0 spiro atoms. The Morgan fingerprint density at radius 3 is 2.83 bits per heavy atom. The third-order valence-corrected chi connectivity index (χ3v) is 6.77. The normalized spacial score (nSPS) is 22.1. The number of hydrogen-bond donors (Lipinski definition) is 2. The number of alkyl halides is 2. The summed E-state index contributed by atoms with van der Waals surface area (Å²) in [6, 6.07) is 4.55. The number of morpholine rings is 1. The minimum absolute atomic E-state index is 0.00612. The number of aromatic nitrogens is 2. The van der Waals surface area contributed by atoms with Crippen molar-refractivity contribution in [3.63, 3.8) is 0 Å². The van der Waals surface area contributed by atoms with Gasteiger partial charge in [0, 0.05) is 41.5 Å². The van der Waals surface area contributed by atoms with Crippen molar-refractivity contribution in [3.8, 4) is 0 Å². The molecule has 0 radical (unpaired) electrons. The first-order valence-electron chi connectivity index (χ1n) is 11.4. The quantitative estimate of drug-likeness (QED) is 0.565. The number of amides is 2. The second-order valence-corrected chi connectivity index (χ2v) is 10.3. The summed E-state index contributed by atoms with van der Waals surface area (Å²) in [6.07, 6.45) is 3.03. The van der Waals surface area contributed by atoms with E-state index in [0.717, 1.165) is 21.2 Å². The fourth-order valence-electron chi connectivity index (χ4n) is 4.82. The lowest BCUT2D eigenvalue weighted by Crippen LogP contribution is -2.60. The molecule has 4 heterocycles. The lowest BCUT2D eigenvalue weighted by atomic mass is 10.0. The van der Waals surface area contributed by atoms with Crippen LogP contribution in [0.15, 0.2) is 30.6 Å². The molecule has 3 aromatic rings. The molecule has 2 saturated heterocycles. The standard InChI is InChI=1S/C24H26ClF2N5O3/c1-23(2)12-32(10-20(33)31-6-4-24(26,27)13-31)19(11-35-23)22(34)30-17-8-14(25)7-16-15-3-5-28-9-18(15)29-21(16)17/h3,5,7-9,19,29H,4,6,10-13H2,1-2H3,(H,30,34)/t19-/m0/s1. The molecule has 2 aliphatic rings. The van der Waals surface area contributed by atoms with Crippen molar-refractivity contribution in [2.75, 3.05) is 38.1 Å². The van der Waals surface area contributed by atoms with E-state index in [1.165, 1.54) is 0 Å². The summed E-state index contributed by atoms with van der Waals surface area (Å²) in [6.45, 7) is 3.35. The van der Waals surface area contributed by atoms with E-state index in [0.29, 0.717) is 22.8 Å². The number of halogens is 3. The van der Waals surface area contributed by atoms with Crippen molar-refractivity contribution in [1.29, 1.82) is 0 Å². The zero-order valence-electron chi connectivity index (χ0n) is 19.4. The van der Waals surface area contributed by atoms with E-state index in [1.807, 2.05) is 26.0 Å². The average molecular weight is 506 g/mol. The molecule has 11 heteroatoms. The summed E-state index contributed by atoms with van der Waals surface area (Å²) in [5.41, 5.74) is 1.39. The van der Waals surface area contributed by atoms with Gasteiger partial charge in [0.1, 0.15) is 6.04 Å². The predicted octanol–water partition coefficient (Wildman–Crippen LogP) is 3.66. The Kier molecular flexibility index (Phi) is 5.93. The van der Waals surface area contributed by atoms with E-state index < -0.39 is 30.0 Å². The second-order valence-electron chi connectivity index (χ2n) is 9.82. The number of rotatable bonds is 4. The first-order chi connectivity index (χ1) is 16.5. The highest BCUT2D eigenvalue weighted by Crippen LogP contribution is 2.34. The van der Waals surface area contributed by atoms with Crippen molar-refractivity contribution in [1.82, 2.24) is 19.8 Å². The van der Waals surface area contributed by atoms with Crippen molar-refractivity contribution in [2.24, 2.45) is 0 Å². The summed E-state index contributed by atoms with van der Waals surface area (Å²) in [7, 11) is 0. The van der Waals surface area contributed by atoms with Crippen molar-refractivity contribution in [2.45, 2.75) is 37.8 Å². The Balaban J connectivity index is 1.39. The van der Waals surface area contributed by atoms with Gasteiger partial charge in [-0.3, -0.25) is 19.5 Å². The Morgan fingerprint density at radius 1 is 1.29 bits per heavy atom. The number of H-pyrrole nitrogens is 1. The van der Waals surface area contributed by atoms with Crippen LogP contribution in [0.2, 0.25) is 5.02 Å². The number of nitrogens with zero attached hydrogens (tertiary/aromatic N) is 3. The highest BCUT2D eigenvalue weighted by Gasteiger charge is 2.43. The van der Waals surface area contributed by atoms with E-state index >= 15 is 0 Å². The lowest BCUT2D eigenvalue weighted by molar-refractivity contribution is -0.150. The van der Waals surface area contributed by atoms with Crippen molar-refractivity contribution in [3.05, 3.63) is 35.6 Å². The lowest BCUT2D eigenvalue weighted by Gasteiger charge is -2.42. The summed E-state index contributed by atoms with van der Waals surface area (Å²) in [4.78, 5) is 36.5. The van der Waals surface area contributed by atoms with Gasteiger partial charge in [-0.2, -0.15) is 0 Å². The molecule has 0 bridgehead atoms. The van der Waals surface area contributed by atoms with Crippen LogP contribution in [0.25, 0.3) is 21.8 Å². The molecule has 186 valence electrons. The Morgan fingerprint density at radius 2 is 2.09 bits per heavy atom. The maximum atomic E-state index is 13.6. The SMILES string of the molecule is CC1(C)CN(CC(=O)N2CCC(F)(F)C2)[C@H](C(=O)Nc2cc(Cl)cc3c2[nH]c2cnccc23)CO1. The smallest absolute Gasteiger partial charge is 0.267 e. The molecule has 0 aliphatic carbocycles. The van der Waals surface area contributed by atoms with Crippen LogP contribution < -0.4 is 5.32 Å². The van der Waals surface area contributed by atoms with E-state index in [2.05, 4.69) is 15.3 Å². The van der Waals surface area contributed by atoms with Gasteiger partial charge < -0.3 is 19.9 Å². The molecule has 2 aromatic heterocycles. The van der Waals surface area contributed by atoms with Gasteiger partial charge in [0.05, 0.1) is 48.2 Å². The minimum Gasteiger partial charge on any atom is -0.372 e. The molecule has 0 saturated carbocycles. The van der Waals surface area contributed by atoms with Crippen molar-refractivity contribution < 1.29 is 23.1 Å². The third kappa shape index (κ3) is 4.82. The Labute approximate surface area is 205 Å². The summed E-state index contributed by atoms with van der Waals surface area (Å²) < 4.78 is 33.1. The van der Waals surface area contributed by atoms with Gasteiger partial charge in [0.15, 0.2) is 0 Å². The summed E-state index contributed by atoms with van der Waals surface area (Å²) >= 11 is 6.35.